The van der Waals surface area contributed by atoms with Crippen LogP contribution in [0.25, 0.3) is 0 Å². The number of benzene rings is 1. The Morgan fingerprint density at radius 2 is 1.38 bits per heavy atom. The molecule has 0 bridgehead atoms. The van der Waals surface area contributed by atoms with E-state index in [0.29, 0.717) is 6.04 Å². The van der Waals surface area contributed by atoms with Gasteiger partial charge in [-0.25, -0.2) is 4.57 Å². The Balaban J connectivity index is 1.97. The lowest BCUT2D eigenvalue weighted by Gasteiger charge is -2.25. The van der Waals surface area contributed by atoms with Gasteiger partial charge in [-0.2, -0.15) is 0 Å². The minimum Gasteiger partial charge on any atom is -0.250 e. The molecule has 0 saturated carbocycles. The fourth-order valence-corrected chi connectivity index (χ4v) is 4.63. The topological polar surface area (TPSA) is 19.7 Å². The van der Waals surface area contributed by atoms with Gasteiger partial charge in [-0.05, 0) is 31.2 Å². The first kappa shape index (κ1) is 23.7. The molecule has 162 valence electrons. The van der Waals surface area contributed by atoms with Crippen molar-refractivity contribution in [3.8, 4) is 0 Å². The lowest BCUT2D eigenvalue weighted by molar-refractivity contribution is -0.730. The van der Waals surface area contributed by atoms with Gasteiger partial charge in [-0.3, -0.25) is 4.98 Å². The van der Waals surface area contributed by atoms with Gasteiger partial charge in [0.1, 0.15) is 18.4 Å². The van der Waals surface area contributed by atoms with Crippen molar-refractivity contribution < 1.29 is 4.57 Å². The second kappa shape index (κ2) is 15.3. The summed E-state index contributed by atoms with van der Waals surface area (Å²) in [6, 6.07) is 11.8. The molecule has 2 atom stereocenters. The normalized spacial score (nSPS) is 13.4. The van der Waals surface area contributed by atoms with E-state index in [4.69, 9.17) is 0 Å². The van der Waals surface area contributed by atoms with E-state index < -0.39 is 0 Å². The van der Waals surface area contributed by atoms with Crippen molar-refractivity contribution >= 4 is 0 Å². The molecule has 0 fully saturated rings. The van der Waals surface area contributed by atoms with Gasteiger partial charge in [0.2, 0.25) is 6.33 Å². The zero-order chi connectivity index (χ0) is 20.6. The quantitative estimate of drug-likeness (QED) is 0.207. The van der Waals surface area contributed by atoms with Crippen molar-refractivity contribution in [1.29, 1.82) is 0 Å². The summed E-state index contributed by atoms with van der Waals surface area (Å²) in [6.07, 6.45) is 25.5. The molecular weight excluding hydrogens is 352 g/mol. The summed E-state index contributed by atoms with van der Waals surface area (Å²) in [4.78, 5) is 3.29. The van der Waals surface area contributed by atoms with Crippen molar-refractivity contribution in [2.24, 2.45) is 5.92 Å². The third kappa shape index (κ3) is 9.65. The highest BCUT2D eigenvalue weighted by Gasteiger charge is 2.26. The highest BCUT2D eigenvalue weighted by atomic mass is 15.1. The number of imidazole rings is 1. The Morgan fingerprint density at radius 1 is 0.759 bits per heavy atom. The van der Waals surface area contributed by atoms with Crippen molar-refractivity contribution in [1.82, 2.24) is 4.98 Å². The van der Waals surface area contributed by atoms with Crippen LogP contribution in [0.3, 0.4) is 0 Å². The summed E-state index contributed by atoms with van der Waals surface area (Å²) in [5, 5.41) is 0. The van der Waals surface area contributed by atoms with E-state index in [1.54, 1.807) is 0 Å². The van der Waals surface area contributed by atoms with Crippen molar-refractivity contribution in [3.05, 3.63) is 54.6 Å². The summed E-state index contributed by atoms with van der Waals surface area (Å²) in [6.45, 7) is 4.60. The lowest BCUT2D eigenvalue weighted by Crippen LogP contribution is -2.42. The van der Waals surface area contributed by atoms with Gasteiger partial charge in [0, 0.05) is 5.92 Å². The Kier molecular flexibility index (Phi) is 12.5. The molecule has 2 rings (SSSR count). The van der Waals surface area contributed by atoms with Crippen LogP contribution in [-0.2, 0) is 6.42 Å². The fourth-order valence-electron chi connectivity index (χ4n) is 4.63. The van der Waals surface area contributed by atoms with Gasteiger partial charge in [-0.1, -0.05) is 108 Å². The molecule has 0 amide bonds. The molecule has 0 aliphatic heterocycles. The van der Waals surface area contributed by atoms with Crippen molar-refractivity contribution in [3.63, 3.8) is 0 Å². The number of nitrogens with zero attached hydrogens (tertiary/aromatic N) is 1. The van der Waals surface area contributed by atoms with Gasteiger partial charge >= 0.3 is 0 Å². The lowest BCUT2D eigenvalue weighted by atomic mass is 9.84. The van der Waals surface area contributed by atoms with Gasteiger partial charge in [-0.15, -0.1) is 0 Å². The predicted molar refractivity (Wildman–Crippen MR) is 125 cm³/mol. The minimum absolute atomic E-state index is 0.610. The van der Waals surface area contributed by atoms with Gasteiger partial charge in [0.15, 0.2) is 0 Å². The fraction of sp³-hybridized carbons (Fsp3) is 0.667. The molecule has 1 aromatic carbocycles. The van der Waals surface area contributed by atoms with Crippen LogP contribution >= 0.6 is 0 Å². The Bertz CT molecular complexity index is 590. The molecule has 0 radical (unpaired) electrons. The van der Waals surface area contributed by atoms with E-state index in [1.165, 1.54) is 95.5 Å². The van der Waals surface area contributed by atoms with E-state index in [9.17, 15) is 0 Å². The summed E-state index contributed by atoms with van der Waals surface area (Å²) in [5.74, 6) is 0.718. The molecule has 1 heterocycles. The maximum Gasteiger partial charge on any atom is 0.241 e. The smallest absolute Gasteiger partial charge is 0.241 e. The van der Waals surface area contributed by atoms with E-state index in [1.807, 2.05) is 0 Å². The first-order valence-electron chi connectivity index (χ1n) is 12.4. The number of nitrogens with one attached hydrogen (secondary N) is 1. The SMILES string of the molecule is CCCCCCCCCC(C(CCCCCC)Cc1ccccc1)[n+]1cc[nH]c1. The highest BCUT2D eigenvalue weighted by Crippen LogP contribution is 2.28. The monoisotopic (exact) mass is 397 g/mol. The average Bonchev–Trinajstić information content (AvgIpc) is 3.28. The van der Waals surface area contributed by atoms with Crippen LogP contribution in [0.5, 0.6) is 0 Å². The molecule has 0 aliphatic rings. The predicted octanol–water partition coefficient (Wildman–Crippen LogP) is 7.81. The van der Waals surface area contributed by atoms with Crippen LogP contribution in [0.15, 0.2) is 49.1 Å². The first-order chi connectivity index (χ1) is 14.3. The van der Waals surface area contributed by atoms with Crippen LogP contribution < -0.4 is 4.57 Å². The first-order valence-corrected chi connectivity index (χ1v) is 12.4. The van der Waals surface area contributed by atoms with Gasteiger partial charge < -0.3 is 0 Å². The average molecular weight is 398 g/mol. The summed E-state index contributed by atoms with van der Waals surface area (Å²) in [5.41, 5.74) is 1.49. The second-order valence-electron chi connectivity index (χ2n) is 8.84. The third-order valence-corrected chi connectivity index (χ3v) is 6.37. The van der Waals surface area contributed by atoms with E-state index in [-0.39, 0.29) is 0 Å². The van der Waals surface area contributed by atoms with Crippen LogP contribution in [0.1, 0.15) is 109 Å². The molecule has 2 heteroatoms. The standard InChI is InChI=1S/C27H44N2/c1-3-5-7-9-10-11-16-20-27(29-22-21-28-24-29)26(19-15-8-6-4-2)23-25-17-13-12-14-18-25/h12-14,17-18,21-22,24,26-27H,3-11,15-16,19-20,23H2,1-2H3/p+1. The molecular formula is C27H45N2+. The van der Waals surface area contributed by atoms with Crippen LogP contribution in [0.4, 0.5) is 0 Å². The molecule has 0 aliphatic carbocycles. The molecule has 1 N–H and O–H groups in total. The third-order valence-electron chi connectivity index (χ3n) is 6.37. The zero-order valence-corrected chi connectivity index (χ0v) is 19.1. The molecule has 0 saturated heterocycles. The number of unbranched alkanes of at least 4 members (excludes halogenated alkanes) is 9. The molecule has 2 nitrogen and oxygen atoms in total. The molecule has 0 spiro atoms. The van der Waals surface area contributed by atoms with Gasteiger partial charge in [0.25, 0.3) is 0 Å². The van der Waals surface area contributed by atoms with E-state index in [2.05, 4.69) is 72.5 Å². The molecule has 29 heavy (non-hydrogen) atoms. The molecule has 2 unspecified atom stereocenters. The summed E-state index contributed by atoms with van der Waals surface area (Å²) < 4.78 is 2.46. The maximum absolute atomic E-state index is 3.29. The minimum atomic E-state index is 0.610. The molecule has 2 aromatic rings. The van der Waals surface area contributed by atoms with E-state index >= 15 is 0 Å². The van der Waals surface area contributed by atoms with Crippen LogP contribution in [0, 0.1) is 5.92 Å². The number of hydrogen-bond acceptors (Lipinski definition) is 0. The van der Waals surface area contributed by atoms with Gasteiger partial charge in [0.05, 0.1) is 0 Å². The Labute approximate surface area is 180 Å². The molecule has 1 aromatic heterocycles. The number of rotatable bonds is 17. The van der Waals surface area contributed by atoms with E-state index in [0.717, 1.165) is 5.92 Å². The summed E-state index contributed by atoms with van der Waals surface area (Å²) >= 11 is 0. The zero-order valence-electron chi connectivity index (χ0n) is 19.1. The Hall–Kier alpha value is -1.57. The number of aromatic nitrogens is 2. The number of H-pyrrole nitrogens is 1. The second-order valence-corrected chi connectivity index (χ2v) is 8.84. The van der Waals surface area contributed by atoms with Crippen LogP contribution in [0.2, 0.25) is 0 Å². The summed E-state index contributed by atoms with van der Waals surface area (Å²) in [7, 11) is 0. The number of hydrogen-bond donors (Lipinski definition) is 1. The van der Waals surface area contributed by atoms with Crippen LogP contribution in [-0.4, -0.2) is 4.98 Å². The van der Waals surface area contributed by atoms with Crippen molar-refractivity contribution in [2.75, 3.05) is 0 Å². The van der Waals surface area contributed by atoms with Crippen molar-refractivity contribution in [2.45, 2.75) is 110 Å². The largest absolute Gasteiger partial charge is 0.250 e. The maximum atomic E-state index is 3.29. The highest BCUT2D eigenvalue weighted by molar-refractivity contribution is 5.15. The Morgan fingerprint density at radius 3 is 2.03 bits per heavy atom. The number of aromatic amines is 1.